The Morgan fingerprint density at radius 3 is 3.00 bits per heavy atom. The van der Waals surface area contributed by atoms with Crippen molar-refractivity contribution in [1.82, 2.24) is 5.32 Å². The number of hydrogen-bond donors (Lipinski definition) is 1. The van der Waals surface area contributed by atoms with Gasteiger partial charge in [0.2, 0.25) is 0 Å². The summed E-state index contributed by atoms with van der Waals surface area (Å²) in [4.78, 5) is 1.49. The van der Waals surface area contributed by atoms with Crippen LogP contribution in [0.5, 0.6) is 0 Å². The van der Waals surface area contributed by atoms with Crippen LogP contribution < -0.4 is 5.32 Å². The summed E-state index contributed by atoms with van der Waals surface area (Å²) in [5, 5.41) is 5.88. The van der Waals surface area contributed by atoms with Crippen molar-refractivity contribution in [3.8, 4) is 0 Å². The van der Waals surface area contributed by atoms with Gasteiger partial charge in [-0.1, -0.05) is 19.8 Å². The van der Waals surface area contributed by atoms with E-state index in [0.29, 0.717) is 12.1 Å². The van der Waals surface area contributed by atoms with E-state index in [0.717, 1.165) is 13.0 Å². The molecule has 1 N–H and O–H groups in total. The zero-order valence-electron chi connectivity index (χ0n) is 10.9. The minimum Gasteiger partial charge on any atom is -0.380 e. The highest BCUT2D eigenvalue weighted by atomic mass is 32.1. The Morgan fingerprint density at radius 1 is 1.41 bits per heavy atom. The third kappa shape index (κ3) is 3.30. The molecule has 0 spiro atoms. The second-order valence-electron chi connectivity index (χ2n) is 4.77. The fraction of sp³-hybridized carbons (Fsp3) is 0.714. The molecule has 0 aromatic carbocycles. The monoisotopic (exact) mass is 253 g/mol. The molecule has 1 aliphatic rings. The Balaban J connectivity index is 1.88. The van der Waals surface area contributed by atoms with Gasteiger partial charge in [-0.05, 0) is 36.3 Å². The average molecular weight is 253 g/mol. The van der Waals surface area contributed by atoms with Crippen molar-refractivity contribution in [3.63, 3.8) is 0 Å². The van der Waals surface area contributed by atoms with Crippen LogP contribution in [0, 0.1) is 0 Å². The summed E-state index contributed by atoms with van der Waals surface area (Å²) in [7, 11) is 1.84. The Bertz CT molecular complexity index is 337. The third-order valence-electron chi connectivity index (χ3n) is 3.75. The maximum absolute atomic E-state index is 5.57. The summed E-state index contributed by atoms with van der Waals surface area (Å²) in [5.74, 6) is 0. The SMILES string of the molecule is CCc1ccsc1CNC1CCCCC1OC. The number of hydrogen-bond acceptors (Lipinski definition) is 3. The van der Waals surface area contributed by atoms with Gasteiger partial charge in [0.15, 0.2) is 0 Å². The van der Waals surface area contributed by atoms with Gasteiger partial charge in [0.05, 0.1) is 6.10 Å². The van der Waals surface area contributed by atoms with Gasteiger partial charge < -0.3 is 10.1 Å². The van der Waals surface area contributed by atoms with Gasteiger partial charge in [0.1, 0.15) is 0 Å². The summed E-state index contributed by atoms with van der Waals surface area (Å²) in [6.45, 7) is 3.23. The fourth-order valence-electron chi connectivity index (χ4n) is 2.67. The smallest absolute Gasteiger partial charge is 0.0724 e. The predicted octanol–water partition coefficient (Wildman–Crippen LogP) is 3.36. The van der Waals surface area contributed by atoms with Gasteiger partial charge in [0, 0.05) is 24.6 Å². The Kier molecular flexibility index (Phi) is 5.01. The summed E-state index contributed by atoms with van der Waals surface area (Å²) >= 11 is 1.87. The number of rotatable bonds is 5. The minimum absolute atomic E-state index is 0.411. The lowest BCUT2D eigenvalue weighted by Crippen LogP contribution is -2.42. The molecule has 2 rings (SSSR count). The van der Waals surface area contributed by atoms with Gasteiger partial charge in [0.25, 0.3) is 0 Å². The molecule has 1 fully saturated rings. The highest BCUT2D eigenvalue weighted by Gasteiger charge is 2.24. The molecule has 1 heterocycles. The zero-order chi connectivity index (χ0) is 12.1. The fourth-order valence-corrected chi connectivity index (χ4v) is 3.60. The largest absolute Gasteiger partial charge is 0.380 e. The van der Waals surface area contributed by atoms with Crippen LogP contribution >= 0.6 is 11.3 Å². The maximum Gasteiger partial charge on any atom is 0.0724 e. The van der Waals surface area contributed by atoms with Crippen LogP contribution in [0.2, 0.25) is 0 Å². The molecule has 0 bridgehead atoms. The topological polar surface area (TPSA) is 21.3 Å². The first-order chi connectivity index (χ1) is 8.35. The quantitative estimate of drug-likeness (QED) is 0.869. The first-order valence-corrected chi connectivity index (χ1v) is 7.54. The highest BCUT2D eigenvalue weighted by Crippen LogP contribution is 2.22. The van der Waals surface area contributed by atoms with E-state index in [1.54, 1.807) is 0 Å². The molecule has 0 radical (unpaired) electrons. The first kappa shape index (κ1) is 13.1. The van der Waals surface area contributed by atoms with Crippen LogP contribution in [0.4, 0.5) is 0 Å². The number of thiophene rings is 1. The van der Waals surface area contributed by atoms with Gasteiger partial charge in [-0.15, -0.1) is 11.3 Å². The highest BCUT2D eigenvalue weighted by molar-refractivity contribution is 7.10. The van der Waals surface area contributed by atoms with Crippen molar-refractivity contribution in [1.29, 1.82) is 0 Å². The molecule has 0 aliphatic heterocycles. The third-order valence-corrected chi connectivity index (χ3v) is 4.71. The summed E-state index contributed by atoms with van der Waals surface area (Å²) in [6.07, 6.45) is 6.66. The number of methoxy groups -OCH3 is 1. The van der Waals surface area contributed by atoms with Crippen molar-refractivity contribution >= 4 is 11.3 Å². The number of ether oxygens (including phenoxy) is 1. The molecule has 2 unspecified atom stereocenters. The van der Waals surface area contributed by atoms with Crippen LogP contribution in [-0.4, -0.2) is 19.3 Å². The molecular weight excluding hydrogens is 230 g/mol. The van der Waals surface area contributed by atoms with Crippen molar-refractivity contribution in [2.24, 2.45) is 0 Å². The van der Waals surface area contributed by atoms with Gasteiger partial charge >= 0.3 is 0 Å². The Labute approximate surface area is 108 Å². The normalized spacial score (nSPS) is 25.1. The van der Waals surface area contributed by atoms with E-state index in [-0.39, 0.29) is 0 Å². The van der Waals surface area contributed by atoms with Gasteiger partial charge in [-0.3, -0.25) is 0 Å². The molecule has 2 atom stereocenters. The second kappa shape index (κ2) is 6.53. The van der Waals surface area contributed by atoms with Crippen molar-refractivity contribution < 1.29 is 4.74 Å². The minimum atomic E-state index is 0.411. The molecule has 1 aromatic rings. The zero-order valence-corrected chi connectivity index (χ0v) is 11.7. The molecule has 0 amide bonds. The second-order valence-corrected chi connectivity index (χ2v) is 5.77. The van der Waals surface area contributed by atoms with Gasteiger partial charge in [-0.25, -0.2) is 0 Å². The molecule has 0 saturated heterocycles. The van der Waals surface area contributed by atoms with Crippen LogP contribution in [0.15, 0.2) is 11.4 Å². The van der Waals surface area contributed by atoms with Gasteiger partial charge in [-0.2, -0.15) is 0 Å². The van der Waals surface area contributed by atoms with Crippen LogP contribution in [0.1, 0.15) is 43.0 Å². The van der Waals surface area contributed by atoms with Crippen LogP contribution in [0.25, 0.3) is 0 Å². The molecule has 96 valence electrons. The van der Waals surface area contributed by atoms with Crippen molar-refractivity contribution in [2.45, 2.75) is 57.7 Å². The lowest BCUT2D eigenvalue weighted by molar-refractivity contribution is 0.0413. The molecule has 17 heavy (non-hydrogen) atoms. The van der Waals surface area contributed by atoms with E-state index in [1.807, 2.05) is 18.4 Å². The Hall–Kier alpha value is -0.380. The molecule has 3 heteroatoms. The van der Waals surface area contributed by atoms with E-state index in [9.17, 15) is 0 Å². The number of nitrogens with one attached hydrogen (secondary N) is 1. The van der Waals surface area contributed by atoms with E-state index in [1.165, 1.54) is 36.1 Å². The lowest BCUT2D eigenvalue weighted by Gasteiger charge is -2.31. The maximum atomic E-state index is 5.57. The molecule has 1 aliphatic carbocycles. The summed E-state index contributed by atoms with van der Waals surface area (Å²) in [5.41, 5.74) is 1.49. The Morgan fingerprint density at radius 2 is 2.24 bits per heavy atom. The molecule has 1 aromatic heterocycles. The average Bonchev–Trinajstić information content (AvgIpc) is 2.84. The number of aryl methyl sites for hydroxylation is 1. The summed E-state index contributed by atoms with van der Waals surface area (Å²) < 4.78 is 5.57. The van der Waals surface area contributed by atoms with E-state index in [2.05, 4.69) is 23.7 Å². The summed E-state index contributed by atoms with van der Waals surface area (Å²) in [6, 6.07) is 2.79. The van der Waals surface area contributed by atoms with E-state index in [4.69, 9.17) is 4.74 Å². The molecular formula is C14H23NOS. The van der Waals surface area contributed by atoms with E-state index < -0.39 is 0 Å². The van der Waals surface area contributed by atoms with Crippen LogP contribution in [0.3, 0.4) is 0 Å². The predicted molar refractivity (Wildman–Crippen MR) is 73.6 cm³/mol. The molecule has 2 nitrogen and oxygen atoms in total. The first-order valence-electron chi connectivity index (χ1n) is 6.66. The lowest BCUT2D eigenvalue weighted by atomic mass is 9.92. The van der Waals surface area contributed by atoms with E-state index >= 15 is 0 Å². The van der Waals surface area contributed by atoms with Crippen LogP contribution in [-0.2, 0) is 17.7 Å². The molecule has 1 saturated carbocycles. The standard InChI is InChI=1S/C14H23NOS/c1-3-11-8-9-17-14(11)10-15-12-6-4-5-7-13(12)16-2/h8-9,12-13,15H,3-7,10H2,1-2H3. The van der Waals surface area contributed by atoms with Crippen molar-refractivity contribution in [2.75, 3.05) is 7.11 Å². The van der Waals surface area contributed by atoms with Crippen molar-refractivity contribution in [3.05, 3.63) is 21.9 Å².